The summed E-state index contributed by atoms with van der Waals surface area (Å²) in [5.41, 5.74) is 1.98. The van der Waals surface area contributed by atoms with Crippen molar-refractivity contribution in [2.75, 3.05) is 50.5 Å². The van der Waals surface area contributed by atoms with Crippen LogP contribution in [0.25, 0.3) is 16.3 Å². The number of anilines is 1. The number of hydrogen-bond donors (Lipinski definition) is 0. The average molecular weight is 440 g/mol. The van der Waals surface area contributed by atoms with Crippen molar-refractivity contribution in [2.45, 2.75) is 4.90 Å². The molecule has 0 atom stereocenters. The molecule has 0 saturated carbocycles. The van der Waals surface area contributed by atoms with Crippen LogP contribution in [0, 0.1) is 0 Å². The second-order valence-corrected chi connectivity index (χ2v) is 8.85. The van der Waals surface area contributed by atoms with Crippen LogP contribution in [0.15, 0.2) is 59.5 Å². The first-order valence-corrected chi connectivity index (χ1v) is 12.1. The number of thiazole rings is 1. The summed E-state index contributed by atoms with van der Waals surface area (Å²) in [6, 6.07) is 16.1. The van der Waals surface area contributed by atoms with Gasteiger partial charge in [0.15, 0.2) is 5.13 Å². The lowest BCUT2D eigenvalue weighted by Crippen LogP contribution is -2.42. The van der Waals surface area contributed by atoms with Gasteiger partial charge in [0.1, 0.15) is 0 Å². The van der Waals surface area contributed by atoms with Crippen LogP contribution in [0.4, 0.5) is 5.13 Å². The molecule has 0 aliphatic carbocycles. The maximum Gasteiger partial charge on any atom is 0.252 e. The number of fused-ring (bicyclic) bond motifs is 1. The second kappa shape index (κ2) is 10.2. The van der Waals surface area contributed by atoms with Gasteiger partial charge in [-0.25, -0.2) is 4.98 Å². The van der Waals surface area contributed by atoms with Crippen LogP contribution in [0.2, 0.25) is 0 Å². The predicted octanol–water partition coefficient (Wildman–Crippen LogP) is 4.40. The Bertz CT molecular complexity index is 1010. The molecule has 0 spiro atoms. The van der Waals surface area contributed by atoms with Crippen molar-refractivity contribution < 1.29 is 9.53 Å². The molecule has 1 aromatic heterocycles. The van der Waals surface area contributed by atoms with Crippen LogP contribution in [0.3, 0.4) is 0 Å². The van der Waals surface area contributed by atoms with Crippen molar-refractivity contribution in [1.82, 2.24) is 9.88 Å². The van der Waals surface area contributed by atoms with Gasteiger partial charge < -0.3 is 4.74 Å². The minimum atomic E-state index is -0.0446. The third kappa shape index (κ3) is 5.10. The number of rotatable bonds is 7. The van der Waals surface area contributed by atoms with E-state index >= 15 is 0 Å². The molecular formula is C23H25N3O2S2. The number of morpholine rings is 1. The molecule has 7 heteroatoms. The lowest BCUT2D eigenvalue weighted by molar-refractivity contribution is -0.114. The summed E-state index contributed by atoms with van der Waals surface area (Å²) in [5.74, 6) is -0.0446. The Kier molecular flexibility index (Phi) is 7.17. The summed E-state index contributed by atoms with van der Waals surface area (Å²) in [6.45, 7) is 4.71. The highest BCUT2D eigenvalue weighted by Gasteiger charge is 2.20. The maximum atomic E-state index is 13.2. The fourth-order valence-electron chi connectivity index (χ4n) is 3.38. The van der Waals surface area contributed by atoms with E-state index in [2.05, 4.69) is 23.3 Å². The Hall–Kier alpha value is -2.19. The molecule has 0 radical (unpaired) electrons. The largest absolute Gasteiger partial charge is 0.379 e. The van der Waals surface area contributed by atoms with Crippen molar-refractivity contribution in [1.29, 1.82) is 0 Å². The molecule has 0 N–H and O–H groups in total. The van der Waals surface area contributed by atoms with E-state index in [1.165, 1.54) is 0 Å². The molecule has 2 aromatic carbocycles. The molecule has 1 aliphatic heterocycles. The molecule has 3 aromatic rings. The molecule has 1 fully saturated rings. The minimum absolute atomic E-state index is 0.0446. The summed E-state index contributed by atoms with van der Waals surface area (Å²) in [4.78, 5) is 23.3. The summed E-state index contributed by atoms with van der Waals surface area (Å²) < 4.78 is 6.55. The molecule has 30 heavy (non-hydrogen) atoms. The lowest BCUT2D eigenvalue weighted by atomic mass is 10.2. The van der Waals surface area contributed by atoms with Gasteiger partial charge in [0.25, 0.3) is 5.91 Å². The first-order chi connectivity index (χ1) is 14.7. The molecule has 1 amide bonds. The van der Waals surface area contributed by atoms with E-state index in [0.29, 0.717) is 6.54 Å². The number of amides is 1. The van der Waals surface area contributed by atoms with Crippen molar-refractivity contribution in [3.8, 4) is 0 Å². The van der Waals surface area contributed by atoms with Crippen LogP contribution >= 0.6 is 23.1 Å². The van der Waals surface area contributed by atoms with E-state index in [1.807, 2.05) is 47.4 Å². The molecular weight excluding hydrogens is 414 g/mol. The van der Waals surface area contributed by atoms with E-state index < -0.39 is 0 Å². The van der Waals surface area contributed by atoms with E-state index in [9.17, 15) is 4.79 Å². The highest BCUT2D eigenvalue weighted by molar-refractivity contribution is 7.98. The Morgan fingerprint density at radius 1 is 1.20 bits per heavy atom. The Labute approximate surface area is 185 Å². The van der Waals surface area contributed by atoms with Gasteiger partial charge in [0.05, 0.1) is 23.4 Å². The molecule has 1 saturated heterocycles. The van der Waals surface area contributed by atoms with Crippen LogP contribution in [0.1, 0.15) is 5.56 Å². The van der Waals surface area contributed by atoms with Crippen molar-refractivity contribution in [3.63, 3.8) is 0 Å². The number of aromatic nitrogens is 1. The highest BCUT2D eigenvalue weighted by atomic mass is 32.2. The third-order valence-corrected chi connectivity index (χ3v) is 6.86. The Morgan fingerprint density at radius 3 is 2.77 bits per heavy atom. The van der Waals surface area contributed by atoms with Crippen molar-refractivity contribution in [3.05, 3.63) is 60.2 Å². The SMILES string of the molecule is CSc1cccc2sc(N(CCN3CCOCC3)C(=O)C=Cc3ccccc3)nc12. The normalized spacial score (nSPS) is 15.1. The monoisotopic (exact) mass is 439 g/mol. The summed E-state index contributed by atoms with van der Waals surface area (Å²) in [7, 11) is 0. The third-order valence-electron chi connectivity index (χ3n) is 5.05. The highest BCUT2D eigenvalue weighted by Crippen LogP contribution is 2.34. The van der Waals surface area contributed by atoms with Gasteiger partial charge in [-0.3, -0.25) is 14.6 Å². The number of nitrogens with zero attached hydrogens (tertiary/aromatic N) is 3. The summed E-state index contributed by atoms with van der Waals surface area (Å²) >= 11 is 3.26. The Morgan fingerprint density at radius 2 is 2.00 bits per heavy atom. The molecule has 0 unspecified atom stereocenters. The van der Waals surface area contributed by atoms with Crippen molar-refractivity contribution >= 4 is 50.4 Å². The average Bonchev–Trinajstić information content (AvgIpc) is 3.23. The molecule has 0 bridgehead atoms. The number of carbonyl (C=O) groups excluding carboxylic acids is 1. The summed E-state index contributed by atoms with van der Waals surface area (Å²) in [6.07, 6.45) is 5.57. The molecule has 2 heterocycles. The molecule has 4 rings (SSSR count). The fraction of sp³-hybridized carbons (Fsp3) is 0.304. The molecule has 5 nitrogen and oxygen atoms in total. The van der Waals surface area contributed by atoms with Gasteiger partial charge in [0, 0.05) is 37.2 Å². The fourth-order valence-corrected chi connectivity index (χ4v) is 5.03. The number of benzene rings is 2. The zero-order valence-corrected chi connectivity index (χ0v) is 18.6. The summed E-state index contributed by atoms with van der Waals surface area (Å²) in [5, 5.41) is 0.752. The zero-order valence-electron chi connectivity index (χ0n) is 17.0. The lowest BCUT2D eigenvalue weighted by Gasteiger charge is -2.28. The van der Waals surface area contributed by atoms with Crippen molar-refractivity contribution in [2.24, 2.45) is 0 Å². The first kappa shape index (κ1) is 21.1. The van der Waals surface area contributed by atoms with Gasteiger partial charge in [-0.15, -0.1) is 11.8 Å². The molecule has 1 aliphatic rings. The van der Waals surface area contributed by atoms with Gasteiger partial charge in [-0.2, -0.15) is 0 Å². The maximum absolute atomic E-state index is 13.2. The van der Waals surface area contributed by atoms with E-state index in [1.54, 1.807) is 29.2 Å². The van der Waals surface area contributed by atoms with Gasteiger partial charge in [0.2, 0.25) is 0 Å². The van der Waals surface area contributed by atoms with Gasteiger partial charge in [-0.05, 0) is 30.0 Å². The van der Waals surface area contributed by atoms with Gasteiger partial charge >= 0.3 is 0 Å². The van der Waals surface area contributed by atoms with Crippen LogP contribution in [0.5, 0.6) is 0 Å². The molecule has 156 valence electrons. The van der Waals surface area contributed by atoms with E-state index in [-0.39, 0.29) is 5.91 Å². The minimum Gasteiger partial charge on any atom is -0.379 e. The number of thioether (sulfide) groups is 1. The topological polar surface area (TPSA) is 45.7 Å². The van der Waals surface area contributed by atoms with Crippen LogP contribution in [-0.4, -0.2) is 61.4 Å². The number of ether oxygens (including phenoxy) is 1. The van der Waals surface area contributed by atoms with E-state index in [0.717, 1.165) is 58.7 Å². The van der Waals surface area contributed by atoms with E-state index in [4.69, 9.17) is 9.72 Å². The predicted molar refractivity (Wildman–Crippen MR) is 126 cm³/mol. The zero-order chi connectivity index (χ0) is 20.8. The number of carbonyl (C=O) groups is 1. The Balaban J connectivity index is 1.59. The standard InChI is InChI=1S/C23H25N3O2S2/c1-29-19-8-5-9-20-22(19)24-23(30-20)26(13-12-25-14-16-28-17-15-25)21(27)11-10-18-6-3-2-4-7-18/h2-11H,12-17H2,1H3. The van der Waals surface area contributed by atoms with Crippen LogP contribution in [-0.2, 0) is 9.53 Å². The number of para-hydroxylation sites is 1. The quantitative estimate of drug-likeness (QED) is 0.403. The number of hydrogen-bond acceptors (Lipinski definition) is 6. The first-order valence-electron chi connectivity index (χ1n) is 10.0. The smallest absolute Gasteiger partial charge is 0.252 e. The van der Waals surface area contributed by atoms with Crippen LogP contribution < -0.4 is 4.90 Å². The second-order valence-electron chi connectivity index (χ2n) is 6.99. The van der Waals surface area contributed by atoms with Gasteiger partial charge in [-0.1, -0.05) is 47.7 Å².